The molecule has 0 aliphatic carbocycles. The highest BCUT2D eigenvalue weighted by Crippen LogP contribution is 2.29. The number of alkyl halides is 3. The molecule has 2 aromatic heterocycles. The summed E-state index contributed by atoms with van der Waals surface area (Å²) in [6, 6.07) is 13.9. The number of aryl methyl sites for hydroxylation is 1. The summed E-state index contributed by atoms with van der Waals surface area (Å²) in [7, 11) is 0. The molecule has 0 aliphatic rings. The summed E-state index contributed by atoms with van der Waals surface area (Å²) in [5.74, 6) is 0. The second-order valence-electron chi connectivity index (χ2n) is 6.40. The molecule has 8 heteroatoms. The van der Waals surface area contributed by atoms with E-state index in [9.17, 15) is 18.0 Å². The fourth-order valence-electron chi connectivity index (χ4n) is 3.07. The van der Waals surface area contributed by atoms with Gasteiger partial charge in [-0.15, -0.1) is 0 Å². The van der Waals surface area contributed by atoms with E-state index in [0.717, 1.165) is 17.8 Å². The van der Waals surface area contributed by atoms with Crippen molar-refractivity contribution in [2.24, 2.45) is 0 Å². The highest BCUT2D eigenvalue weighted by molar-refractivity contribution is 5.81. The largest absolute Gasteiger partial charge is 0.416 e. The quantitative estimate of drug-likeness (QED) is 0.537. The average molecular weight is 384 g/mol. The average Bonchev–Trinajstić information content (AvgIpc) is 3.12. The van der Waals surface area contributed by atoms with Gasteiger partial charge in [0.15, 0.2) is 0 Å². The third-order valence-corrected chi connectivity index (χ3v) is 4.48. The van der Waals surface area contributed by atoms with Crippen LogP contribution >= 0.6 is 0 Å². The van der Waals surface area contributed by atoms with Crippen LogP contribution in [0.25, 0.3) is 16.6 Å². The predicted molar refractivity (Wildman–Crippen MR) is 98.4 cm³/mol. The number of aromatic nitrogens is 4. The van der Waals surface area contributed by atoms with Gasteiger partial charge in [0.05, 0.1) is 29.7 Å². The Morgan fingerprint density at radius 2 is 1.68 bits per heavy atom. The van der Waals surface area contributed by atoms with Crippen LogP contribution in [-0.4, -0.2) is 19.6 Å². The molecule has 0 fully saturated rings. The van der Waals surface area contributed by atoms with E-state index in [1.54, 1.807) is 17.8 Å². The smallest absolute Gasteiger partial charge is 0.265 e. The Hall–Kier alpha value is -3.42. The highest BCUT2D eigenvalue weighted by Gasteiger charge is 2.30. The summed E-state index contributed by atoms with van der Waals surface area (Å²) in [6.45, 7) is 1.83. The van der Waals surface area contributed by atoms with Gasteiger partial charge >= 0.3 is 6.18 Å². The molecule has 2 aromatic carbocycles. The van der Waals surface area contributed by atoms with Gasteiger partial charge in [-0.1, -0.05) is 30.3 Å². The summed E-state index contributed by atoms with van der Waals surface area (Å²) in [4.78, 5) is 13.0. The maximum atomic E-state index is 13.0. The molecule has 4 rings (SSSR count). The number of fused-ring (bicyclic) bond motifs is 1. The van der Waals surface area contributed by atoms with Crippen LogP contribution in [0.1, 0.15) is 16.8 Å². The first-order valence-corrected chi connectivity index (χ1v) is 8.51. The van der Waals surface area contributed by atoms with E-state index < -0.39 is 11.7 Å². The lowest BCUT2D eigenvalue weighted by molar-refractivity contribution is -0.137. The lowest BCUT2D eigenvalue weighted by atomic mass is 10.1. The van der Waals surface area contributed by atoms with Crippen LogP contribution in [0.3, 0.4) is 0 Å². The van der Waals surface area contributed by atoms with Gasteiger partial charge in [0, 0.05) is 5.39 Å². The minimum atomic E-state index is -4.40. The van der Waals surface area contributed by atoms with Crippen LogP contribution in [0.5, 0.6) is 0 Å². The Bertz CT molecular complexity index is 1190. The van der Waals surface area contributed by atoms with E-state index in [-0.39, 0.29) is 12.1 Å². The summed E-state index contributed by atoms with van der Waals surface area (Å²) >= 11 is 0. The minimum Gasteiger partial charge on any atom is -0.265 e. The maximum absolute atomic E-state index is 13.0. The fourth-order valence-corrected chi connectivity index (χ4v) is 3.07. The normalized spacial score (nSPS) is 11.9. The number of nitrogens with zero attached hydrogens (tertiary/aromatic N) is 4. The van der Waals surface area contributed by atoms with E-state index >= 15 is 0 Å². The summed E-state index contributed by atoms with van der Waals surface area (Å²) in [6.07, 6.45) is -2.81. The molecule has 0 saturated carbocycles. The van der Waals surface area contributed by atoms with Crippen molar-refractivity contribution in [2.75, 3.05) is 0 Å². The molecule has 0 unspecified atom stereocenters. The van der Waals surface area contributed by atoms with Gasteiger partial charge in [-0.25, -0.2) is 9.36 Å². The molecule has 0 N–H and O–H groups in total. The molecule has 0 saturated heterocycles. The maximum Gasteiger partial charge on any atom is 0.416 e. The van der Waals surface area contributed by atoms with Crippen LogP contribution in [-0.2, 0) is 12.7 Å². The standard InChI is InChI=1S/C20H15F3N4O/c1-13-17-11-24-27(16-5-3-2-4-6-16)18(17)19(28)26(25-13)12-14-7-9-15(10-8-14)20(21,22)23/h2-11H,12H2,1H3. The van der Waals surface area contributed by atoms with Crippen molar-refractivity contribution in [3.63, 3.8) is 0 Å². The van der Waals surface area contributed by atoms with Crippen LogP contribution in [0.4, 0.5) is 13.2 Å². The Morgan fingerprint density at radius 1 is 1.00 bits per heavy atom. The van der Waals surface area contributed by atoms with Gasteiger partial charge in [-0.2, -0.15) is 23.4 Å². The third kappa shape index (κ3) is 3.17. The highest BCUT2D eigenvalue weighted by atomic mass is 19.4. The summed E-state index contributed by atoms with van der Waals surface area (Å²) < 4.78 is 41.0. The van der Waals surface area contributed by atoms with Gasteiger partial charge in [-0.05, 0) is 36.8 Å². The molecule has 4 aromatic rings. The molecule has 28 heavy (non-hydrogen) atoms. The zero-order valence-corrected chi connectivity index (χ0v) is 14.8. The number of rotatable bonds is 3. The van der Waals surface area contributed by atoms with Gasteiger partial charge in [0.25, 0.3) is 5.56 Å². The van der Waals surface area contributed by atoms with Crippen molar-refractivity contribution in [2.45, 2.75) is 19.6 Å². The lowest BCUT2D eigenvalue weighted by Crippen LogP contribution is -2.26. The zero-order valence-electron chi connectivity index (χ0n) is 14.8. The van der Waals surface area contributed by atoms with Crippen LogP contribution in [0, 0.1) is 6.92 Å². The first-order valence-electron chi connectivity index (χ1n) is 8.51. The monoisotopic (exact) mass is 384 g/mol. The third-order valence-electron chi connectivity index (χ3n) is 4.48. The molecule has 142 valence electrons. The number of para-hydroxylation sites is 1. The molecule has 0 radical (unpaired) electrons. The molecule has 0 bridgehead atoms. The van der Waals surface area contributed by atoms with Crippen molar-refractivity contribution < 1.29 is 13.2 Å². The lowest BCUT2D eigenvalue weighted by Gasteiger charge is -2.10. The first kappa shape index (κ1) is 18.0. The minimum absolute atomic E-state index is 0.0632. The second-order valence-corrected chi connectivity index (χ2v) is 6.40. The molecule has 2 heterocycles. The van der Waals surface area contributed by atoms with E-state index in [4.69, 9.17) is 0 Å². The van der Waals surface area contributed by atoms with E-state index in [1.165, 1.54) is 16.8 Å². The van der Waals surface area contributed by atoms with Gasteiger partial charge in [0.1, 0.15) is 5.52 Å². The van der Waals surface area contributed by atoms with Crippen molar-refractivity contribution in [1.82, 2.24) is 19.6 Å². The van der Waals surface area contributed by atoms with Crippen LogP contribution in [0.15, 0.2) is 65.6 Å². The van der Waals surface area contributed by atoms with Crippen molar-refractivity contribution in [3.05, 3.63) is 88.0 Å². The van der Waals surface area contributed by atoms with Crippen molar-refractivity contribution >= 4 is 10.9 Å². The van der Waals surface area contributed by atoms with Gasteiger partial charge in [0.2, 0.25) is 0 Å². The Kier molecular flexibility index (Phi) is 4.26. The SMILES string of the molecule is Cc1nn(Cc2ccc(C(F)(F)F)cc2)c(=O)c2c1cnn2-c1ccccc1. The van der Waals surface area contributed by atoms with E-state index in [2.05, 4.69) is 10.2 Å². The molecule has 0 spiro atoms. The van der Waals surface area contributed by atoms with E-state index in [0.29, 0.717) is 22.2 Å². The Morgan fingerprint density at radius 3 is 2.32 bits per heavy atom. The second kappa shape index (κ2) is 6.63. The molecular formula is C20H15F3N4O. The van der Waals surface area contributed by atoms with Gasteiger partial charge in [-0.3, -0.25) is 4.79 Å². The molecular weight excluding hydrogens is 369 g/mol. The zero-order chi connectivity index (χ0) is 19.9. The predicted octanol–water partition coefficient (Wildman–Crippen LogP) is 3.96. The van der Waals surface area contributed by atoms with Crippen molar-refractivity contribution in [1.29, 1.82) is 0 Å². The summed E-state index contributed by atoms with van der Waals surface area (Å²) in [5.41, 5.74) is 1.19. The molecule has 5 nitrogen and oxygen atoms in total. The Labute approximate surface area is 157 Å². The van der Waals surface area contributed by atoms with Crippen LogP contribution < -0.4 is 5.56 Å². The molecule has 0 aliphatic heterocycles. The fraction of sp³-hybridized carbons (Fsp3) is 0.150. The van der Waals surface area contributed by atoms with Crippen molar-refractivity contribution in [3.8, 4) is 5.69 Å². The number of halogens is 3. The summed E-state index contributed by atoms with van der Waals surface area (Å²) in [5, 5.41) is 9.25. The number of hydrogen-bond donors (Lipinski definition) is 0. The number of hydrogen-bond acceptors (Lipinski definition) is 3. The number of benzene rings is 2. The Balaban J connectivity index is 1.78. The first-order chi connectivity index (χ1) is 13.3. The van der Waals surface area contributed by atoms with E-state index in [1.807, 2.05) is 30.3 Å². The van der Waals surface area contributed by atoms with Gasteiger partial charge < -0.3 is 0 Å². The van der Waals surface area contributed by atoms with Crippen LogP contribution in [0.2, 0.25) is 0 Å². The molecule has 0 atom stereocenters. The topological polar surface area (TPSA) is 52.7 Å². The molecule has 0 amide bonds.